The van der Waals surface area contributed by atoms with Crippen LogP contribution in [0.25, 0.3) is 0 Å². The Kier molecular flexibility index (Phi) is 4.21. The van der Waals surface area contributed by atoms with Crippen LogP contribution in [0.3, 0.4) is 0 Å². The summed E-state index contributed by atoms with van der Waals surface area (Å²) in [6.07, 6.45) is 0.889. The number of sulfonamides is 1. The van der Waals surface area contributed by atoms with Crippen LogP contribution in [0.5, 0.6) is 0 Å². The molecule has 1 heterocycles. The number of benzene rings is 1. The number of hydrogen-bond acceptors (Lipinski definition) is 4. The number of nitrogens with two attached hydrogens (primary N) is 1. The van der Waals surface area contributed by atoms with Gasteiger partial charge in [-0.25, -0.2) is 22.9 Å². The van der Waals surface area contributed by atoms with Gasteiger partial charge in [-0.15, -0.1) is 0 Å². The van der Waals surface area contributed by atoms with Crippen LogP contribution in [0.15, 0.2) is 41.4 Å². The first-order valence-electron chi connectivity index (χ1n) is 5.52. The first kappa shape index (κ1) is 15.4. The van der Waals surface area contributed by atoms with Crippen molar-refractivity contribution in [2.24, 2.45) is 5.14 Å². The second-order valence-electron chi connectivity index (χ2n) is 4.02. The van der Waals surface area contributed by atoms with E-state index in [0.29, 0.717) is 5.69 Å². The Morgan fingerprint density at radius 2 is 1.90 bits per heavy atom. The summed E-state index contributed by atoms with van der Waals surface area (Å²) in [6, 6.07) is 6.10. The lowest BCUT2D eigenvalue weighted by Crippen LogP contribution is -2.14. The van der Waals surface area contributed by atoms with E-state index < -0.39 is 21.7 Å². The van der Waals surface area contributed by atoms with Crippen LogP contribution in [-0.4, -0.2) is 19.3 Å². The summed E-state index contributed by atoms with van der Waals surface area (Å²) >= 11 is 5.71. The highest BCUT2D eigenvalue weighted by molar-refractivity contribution is 7.89. The summed E-state index contributed by atoms with van der Waals surface area (Å²) in [5.74, 6) is -1.37. The first-order valence-corrected chi connectivity index (χ1v) is 7.45. The van der Waals surface area contributed by atoms with Gasteiger partial charge in [0.15, 0.2) is 0 Å². The van der Waals surface area contributed by atoms with Gasteiger partial charge in [-0.1, -0.05) is 11.6 Å². The molecule has 0 aliphatic heterocycles. The third-order valence-electron chi connectivity index (χ3n) is 2.49. The fraction of sp³-hybridized carbons (Fsp3) is 0. The lowest BCUT2D eigenvalue weighted by atomic mass is 10.2. The van der Waals surface area contributed by atoms with Crippen LogP contribution in [0, 0.1) is 5.82 Å². The van der Waals surface area contributed by atoms with Crippen LogP contribution in [0.4, 0.5) is 10.1 Å². The maximum absolute atomic E-state index is 13.0. The molecule has 0 unspecified atom stereocenters. The van der Waals surface area contributed by atoms with Gasteiger partial charge in [0.1, 0.15) is 11.0 Å². The maximum Gasteiger partial charge on any atom is 0.258 e. The maximum atomic E-state index is 13.0. The molecule has 0 fully saturated rings. The number of nitrogens with one attached hydrogen (secondary N) is 1. The van der Waals surface area contributed by atoms with E-state index in [2.05, 4.69) is 10.3 Å². The minimum atomic E-state index is -3.81. The van der Waals surface area contributed by atoms with Gasteiger partial charge in [0.05, 0.1) is 16.7 Å². The van der Waals surface area contributed by atoms with E-state index in [4.69, 9.17) is 16.7 Å². The Morgan fingerprint density at radius 1 is 1.29 bits per heavy atom. The number of pyridine rings is 1. The predicted molar refractivity (Wildman–Crippen MR) is 75.0 cm³/mol. The number of carbonyl (C=O) groups is 1. The first-order chi connectivity index (χ1) is 9.77. The van der Waals surface area contributed by atoms with Crippen molar-refractivity contribution in [2.45, 2.75) is 4.90 Å². The van der Waals surface area contributed by atoms with E-state index in [-0.39, 0.29) is 15.6 Å². The monoisotopic (exact) mass is 329 g/mol. The van der Waals surface area contributed by atoms with Gasteiger partial charge in [0, 0.05) is 5.69 Å². The molecule has 0 aliphatic rings. The van der Waals surface area contributed by atoms with Crippen molar-refractivity contribution in [3.8, 4) is 0 Å². The standard InChI is InChI=1S/C12H9ClFN3O3S/c13-11-10(5-7(14)6-16-11)12(18)17-8-1-3-9(4-2-8)21(15,19)20/h1-6H,(H,17,18)(H2,15,19,20). The highest BCUT2D eigenvalue weighted by Gasteiger charge is 2.13. The molecule has 2 rings (SSSR count). The van der Waals surface area contributed by atoms with Crippen molar-refractivity contribution in [1.82, 2.24) is 4.98 Å². The number of carbonyl (C=O) groups excluding carboxylic acids is 1. The molecule has 0 spiro atoms. The molecule has 110 valence electrons. The fourth-order valence-corrected chi connectivity index (χ4v) is 2.21. The van der Waals surface area contributed by atoms with Crippen molar-refractivity contribution in [2.75, 3.05) is 5.32 Å². The van der Waals surface area contributed by atoms with Gasteiger partial charge in [0.25, 0.3) is 5.91 Å². The molecule has 1 aromatic heterocycles. The van der Waals surface area contributed by atoms with Gasteiger partial charge >= 0.3 is 0 Å². The van der Waals surface area contributed by atoms with Crippen LogP contribution in [0.2, 0.25) is 5.15 Å². The minimum absolute atomic E-state index is 0.0917. The van der Waals surface area contributed by atoms with Crippen LogP contribution in [0.1, 0.15) is 10.4 Å². The molecule has 9 heteroatoms. The SMILES string of the molecule is NS(=O)(=O)c1ccc(NC(=O)c2cc(F)cnc2Cl)cc1. The number of amides is 1. The Morgan fingerprint density at radius 3 is 2.48 bits per heavy atom. The van der Waals surface area contributed by atoms with Gasteiger partial charge in [-0.2, -0.15) is 0 Å². The number of halogens is 2. The quantitative estimate of drug-likeness (QED) is 0.838. The normalized spacial score (nSPS) is 11.2. The molecular formula is C12H9ClFN3O3S. The molecule has 0 saturated carbocycles. The fourth-order valence-electron chi connectivity index (χ4n) is 1.51. The third kappa shape index (κ3) is 3.75. The average Bonchev–Trinajstić information content (AvgIpc) is 2.41. The Bertz CT molecular complexity index is 794. The zero-order chi connectivity index (χ0) is 15.6. The molecule has 6 nitrogen and oxygen atoms in total. The number of anilines is 1. The van der Waals surface area contributed by atoms with Crippen LogP contribution >= 0.6 is 11.6 Å². The number of aromatic nitrogens is 1. The molecule has 3 N–H and O–H groups in total. The molecule has 1 aromatic carbocycles. The zero-order valence-electron chi connectivity index (χ0n) is 10.4. The van der Waals surface area contributed by atoms with Crippen LogP contribution in [-0.2, 0) is 10.0 Å². The van der Waals surface area contributed by atoms with E-state index in [0.717, 1.165) is 12.3 Å². The minimum Gasteiger partial charge on any atom is -0.322 e. The molecule has 2 aromatic rings. The van der Waals surface area contributed by atoms with Crippen molar-refractivity contribution in [3.63, 3.8) is 0 Å². The number of nitrogens with zero attached hydrogens (tertiary/aromatic N) is 1. The van der Waals surface area contributed by atoms with Gasteiger partial charge < -0.3 is 5.32 Å². The number of hydrogen-bond donors (Lipinski definition) is 2. The summed E-state index contributed by atoms with van der Waals surface area (Å²) in [5, 5.41) is 7.25. The molecule has 0 saturated heterocycles. The summed E-state index contributed by atoms with van der Waals surface area (Å²) in [7, 11) is -3.81. The Hall–Kier alpha value is -2.03. The third-order valence-corrected chi connectivity index (χ3v) is 3.72. The van der Waals surface area contributed by atoms with Crippen molar-refractivity contribution in [1.29, 1.82) is 0 Å². The van der Waals surface area contributed by atoms with E-state index in [1.54, 1.807) is 0 Å². The largest absolute Gasteiger partial charge is 0.322 e. The average molecular weight is 330 g/mol. The predicted octanol–water partition coefficient (Wildman–Crippen LogP) is 1.77. The second-order valence-corrected chi connectivity index (χ2v) is 5.93. The lowest BCUT2D eigenvalue weighted by molar-refractivity contribution is 0.102. The van der Waals surface area contributed by atoms with E-state index in [1.165, 1.54) is 24.3 Å². The molecule has 0 aliphatic carbocycles. The highest BCUT2D eigenvalue weighted by Crippen LogP contribution is 2.17. The van der Waals surface area contributed by atoms with Crippen LogP contribution < -0.4 is 10.5 Å². The van der Waals surface area contributed by atoms with Crippen molar-refractivity contribution < 1.29 is 17.6 Å². The Labute approximate surface area is 124 Å². The molecule has 1 amide bonds. The van der Waals surface area contributed by atoms with Gasteiger partial charge in [-0.3, -0.25) is 4.79 Å². The molecule has 0 radical (unpaired) electrons. The Balaban J connectivity index is 2.22. The topological polar surface area (TPSA) is 102 Å². The van der Waals surface area contributed by atoms with E-state index in [9.17, 15) is 17.6 Å². The lowest BCUT2D eigenvalue weighted by Gasteiger charge is -2.07. The van der Waals surface area contributed by atoms with Crippen molar-refractivity contribution in [3.05, 3.63) is 53.1 Å². The second kappa shape index (κ2) is 5.76. The van der Waals surface area contributed by atoms with Gasteiger partial charge in [-0.05, 0) is 30.3 Å². The summed E-state index contributed by atoms with van der Waals surface area (Å²) in [5.41, 5.74) is 0.167. The number of rotatable bonds is 3. The summed E-state index contributed by atoms with van der Waals surface area (Å²) < 4.78 is 35.2. The smallest absolute Gasteiger partial charge is 0.258 e. The van der Waals surface area contributed by atoms with Gasteiger partial charge in [0.2, 0.25) is 10.0 Å². The molecule has 0 bridgehead atoms. The van der Waals surface area contributed by atoms with E-state index >= 15 is 0 Å². The molecular weight excluding hydrogens is 321 g/mol. The summed E-state index contributed by atoms with van der Waals surface area (Å²) in [6.45, 7) is 0. The molecule has 21 heavy (non-hydrogen) atoms. The number of primary sulfonamides is 1. The summed E-state index contributed by atoms with van der Waals surface area (Å²) in [4.78, 5) is 15.4. The zero-order valence-corrected chi connectivity index (χ0v) is 12.0. The van der Waals surface area contributed by atoms with E-state index in [1.807, 2.05) is 0 Å². The van der Waals surface area contributed by atoms with Crippen molar-refractivity contribution >= 4 is 33.2 Å². The highest BCUT2D eigenvalue weighted by atomic mass is 35.5. The molecule has 0 atom stereocenters.